The number of halogens is 3. The Morgan fingerprint density at radius 3 is 2.19 bits per heavy atom. The van der Waals surface area contributed by atoms with Crippen LogP contribution in [0.1, 0.15) is 31.0 Å². The maximum Gasteiger partial charge on any atom is 0.418 e. The van der Waals surface area contributed by atoms with E-state index in [4.69, 9.17) is 0 Å². The average Bonchev–Trinajstić information content (AvgIpc) is 2.14. The minimum Gasteiger partial charge on any atom is -0.376 e. The molecule has 0 bridgehead atoms. The van der Waals surface area contributed by atoms with Crippen molar-refractivity contribution in [2.45, 2.75) is 25.9 Å². The Bertz CT molecular complexity index is 370. The first-order chi connectivity index (χ1) is 7.25. The molecular formula is C11H15F3N2. The molecule has 0 saturated carbocycles. The number of alkyl halides is 3. The van der Waals surface area contributed by atoms with Gasteiger partial charge < -0.3 is 4.90 Å². The Morgan fingerprint density at radius 1 is 1.25 bits per heavy atom. The summed E-state index contributed by atoms with van der Waals surface area (Å²) in [5, 5.41) is 0. The van der Waals surface area contributed by atoms with E-state index in [9.17, 15) is 13.2 Å². The van der Waals surface area contributed by atoms with Gasteiger partial charge in [-0.15, -0.1) is 0 Å². The third-order valence-corrected chi connectivity index (χ3v) is 2.25. The Morgan fingerprint density at radius 2 is 1.81 bits per heavy atom. The molecule has 0 aliphatic rings. The van der Waals surface area contributed by atoms with Crippen molar-refractivity contribution in [3.63, 3.8) is 0 Å². The van der Waals surface area contributed by atoms with Gasteiger partial charge in [-0.3, -0.25) is 4.98 Å². The highest BCUT2D eigenvalue weighted by molar-refractivity contribution is 5.58. The van der Waals surface area contributed by atoms with E-state index in [1.807, 2.05) is 13.8 Å². The van der Waals surface area contributed by atoms with Crippen molar-refractivity contribution in [3.8, 4) is 0 Å². The molecule has 16 heavy (non-hydrogen) atoms. The van der Waals surface area contributed by atoms with Crippen LogP contribution in [-0.4, -0.2) is 19.1 Å². The largest absolute Gasteiger partial charge is 0.418 e. The number of rotatable bonds is 2. The fourth-order valence-corrected chi connectivity index (χ4v) is 1.59. The lowest BCUT2D eigenvalue weighted by atomic mass is 10.0. The first kappa shape index (κ1) is 12.8. The van der Waals surface area contributed by atoms with Crippen LogP contribution in [0.15, 0.2) is 12.3 Å². The summed E-state index contributed by atoms with van der Waals surface area (Å²) < 4.78 is 38.4. The lowest BCUT2D eigenvalue weighted by molar-refractivity contribution is -0.137. The monoisotopic (exact) mass is 232 g/mol. The summed E-state index contributed by atoms with van der Waals surface area (Å²) in [5.41, 5.74) is 0.000949. The molecule has 2 nitrogen and oxygen atoms in total. The molecule has 0 aromatic carbocycles. The summed E-state index contributed by atoms with van der Waals surface area (Å²) in [5.74, 6) is -0.0419. The van der Waals surface area contributed by atoms with Gasteiger partial charge in [-0.1, -0.05) is 13.8 Å². The van der Waals surface area contributed by atoms with Gasteiger partial charge >= 0.3 is 6.18 Å². The predicted octanol–water partition coefficient (Wildman–Crippen LogP) is 3.29. The van der Waals surface area contributed by atoms with Gasteiger partial charge in [-0.2, -0.15) is 13.2 Å². The average molecular weight is 232 g/mol. The Kier molecular flexibility index (Phi) is 3.45. The highest BCUT2D eigenvalue weighted by Gasteiger charge is 2.35. The summed E-state index contributed by atoms with van der Waals surface area (Å²) >= 11 is 0. The predicted molar refractivity (Wildman–Crippen MR) is 57.7 cm³/mol. The molecule has 1 aromatic rings. The van der Waals surface area contributed by atoms with Crippen molar-refractivity contribution in [1.29, 1.82) is 0 Å². The van der Waals surface area contributed by atoms with Gasteiger partial charge in [0, 0.05) is 20.3 Å². The van der Waals surface area contributed by atoms with Crippen LogP contribution in [0.3, 0.4) is 0 Å². The molecular weight excluding hydrogens is 217 g/mol. The van der Waals surface area contributed by atoms with E-state index < -0.39 is 11.7 Å². The number of pyridine rings is 1. The lowest BCUT2D eigenvalue weighted by Gasteiger charge is -2.23. The molecule has 1 aromatic heterocycles. The van der Waals surface area contributed by atoms with Crippen LogP contribution in [0.4, 0.5) is 18.9 Å². The SMILES string of the molecule is CC(C)c1nccc(C(F)(F)F)c1N(C)C. The van der Waals surface area contributed by atoms with Crippen molar-refractivity contribution in [3.05, 3.63) is 23.5 Å². The summed E-state index contributed by atoms with van der Waals surface area (Å²) in [7, 11) is 3.19. The highest BCUT2D eigenvalue weighted by Crippen LogP contribution is 2.38. The smallest absolute Gasteiger partial charge is 0.376 e. The van der Waals surface area contributed by atoms with Crippen molar-refractivity contribution in [2.24, 2.45) is 0 Å². The van der Waals surface area contributed by atoms with Gasteiger partial charge in [0.1, 0.15) is 0 Å². The van der Waals surface area contributed by atoms with E-state index in [1.165, 1.54) is 11.1 Å². The molecule has 0 unspecified atom stereocenters. The normalized spacial score (nSPS) is 12.0. The highest BCUT2D eigenvalue weighted by atomic mass is 19.4. The van der Waals surface area contributed by atoms with E-state index in [2.05, 4.69) is 4.98 Å². The molecule has 0 saturated heterocycles. The summed E-state index contributed by atoms with van der Waals surface area (Å²) in [4.78, 5) is 5.50. The second-order valence-corrected chi connectivity index (χ2v) is 4.14. The number of hydrogen-bond donors (Lipinski definition) is 0. The van der Waals surface area contributed by atoms with E-state index in [-0.39, 0.29) is 11.6 Å². The van der Waals surface area contributed by atoms with Gasteiger partial charge in [0.2, 0.25) is 0 Å². The molecule has 0 atom stereocenters. The molecule has 0 fully saturated rings. The minimum absolute atomic E-state index is 0.0419. The van der Waals surface area contributed by atoms with Crippen LogP contribution in [0.2, 0.25) is 0 Å². The zero-order valence-electron chi connectivity index (χ0n) is 9.76. The molecule has 1 rings (SSSR count). The first-order valence-electron chi connectivity index (χ1n) is 4.98. The Labute approximate surface area is 93.1 Å². The Balaban J connectivity index is 3.45. The minimum atomic E-state index is -4.34. The molecule has 5 heteroatoms. The van der Waals surface area contributed by atoms with E-state index in [0.717, 1.165) is 6.07 Å². The molecule has 0 spiro atoms. The molecule has 0 aliphatic heterocycles. The zero-order valence-corrected chi connectivity index (χ0v) is 9.76. The van der Waals surface area contributed by atoms with E-state index in [1.54, 1.807) is 14.1 Å². The standard InChI is InChI=1S/C11H15F3N2/c1-7(2)9-10(16(3)4)8(5-6-15-9)11(12,13)14/h5-7H,1-4H3. The van der Waals surface area contributed by atoms with E-state index in [0.29, 0.717) is 5.69 Å². The van der Waals surface area contributed by atoms with Gasteiger partial charge in [0.25, 0.3) is 0 Å². The molecule has 1 heterocycles. The number of aromatic nitrogens is 1. The number of nitrogens with zero attached hydrogens (tertiary/aromatic N) is 2. The van der Waals surface area contributed by atoms with E-state index >= 15 is 0 Å². The number of anilines is 1. The maximum absolute atomic E-state index is 12.8. The van der Waals surface area contributed by atoms with Gasteiger partial charge in [0.15, 0.2) is 0 Å². The van der Waals surface area contributed by atoms with Gasteiger partial charge in [-0.05, 0) is 12.0 Å². The first-order valence-corrected chi connectivity index (χ1v) is 4.98. The van der Waals surface area contributed by atoms with Crippen LogP contribution in [0.5, 0.6) is 0 Å². The molecule has 0 aliphatic carbocycles. The van der Waals surface area contributed by atoms with Gasteiger partial charge in [-0.25, -0.2) is 0 Å². The third-order valence-electron chi connectivity index (χ3n) is 2.25. The molecule has 0 N–H and O–H groups in total. The van der Waals surface area contributed by atoms with Crippen LogP contribution < -0.4 is 4.90 Å². The maximum atomic E-state index is 12.8. The molecule has 0 amide bonds. The molecule has 90 valence electrons. The second kappa shape index (κ2) is 4.31. The van der Waals surface area contributed by atoms with Crippen LogP contribution in [0.25, 0.3) is 0 Å². The topological polar surface area (TPSA) is 16.1 Å². The van der Waals surface area contributed by atoms with Crippen LogP contribution in [-0.2, 0) is 6.18 Å². The molecule has 0 radical (unpaired) electrons. The summed E-state index contributed by atoms with van der Waals surface area (Å²) in [6.07, 6.45) is -3.13. The summed E-state index contributed by atoms with van der Waals surface area (Å²) in [6, 6.07) is 1.02. The quantitative estimate of drug-likeness (QED) is 0.777. The van der Waals surface area contributed by atoms with Crippen LogP contribution in [0, 0.1) is 0 Å². The Hall–Kier alpha value is -1.26. The van der Waals surface area contributed by atoms with Crippen LogP contribution >= 0.6 is 0 Å². The zero-order chi connectivity index (χ0) is 12.5. The number of hydrogen-bond acceptors (Lipinski definition) is 2. The second-order valence-electron chi connectivity index (χ2n) is 4.14. The van der Waals surface area contributed by atoms with Crippen molar-refractivity contribution in [2.75, 3.05) is 19.0 Å². The van der Waals surface area contributed by atoms with Gasteiger partial charge in [0.05, 0.1) is 16.9 Å². The lowest BCUT2D eigenvalue weighted by Crippen LogP contribution is -2.19. The fourth-order valence-electron chi connectivity index (χ4n) is 1.59. The van der Waals surface area contributed by atoms with Crippen molar-refractivity contribution >= 4 is 5.69 Å². The van der Waals surface area contributed by atoms with Crippen molar-refractivity contribution < 1.29 is 13.2 Å². The summed E-state index contributed by atoms with van der Waals surface area (Å²) in [6.45, 7) is 3.66. The fraction of sp³-hybridized carbons (Fsp3) is 0.545. The third kappa shape index (κ3) is 2.46. The van der Waals surface area contributed by atoms with Crippen molar-refractivity contribution in [1.82, 2.24) is 4.98 Å².